The molecule has 1 aliphatic carbocycles. The summed E-state index contributed by atoms with van der Waals surface area (Å²) in [5.74, 6) is 0.753. The number of pyridine rings is 1. The molecule has 3 nitrogen and oxygen atoms in total. The number of hydrogen-bond acceptors (Lipinski definition) is 2. The first-order valence-corrected chi connectivity index (χ1v) is 7.06. The largest absolute Gasteiger partial charge is 0.356 e. The minimum Gasteiger partial charge on any atom is -0.356 e. The highest BCUT2D eigenvalue weighted by molar-refractivity contribution is 5.82. The quantitative estimate of drug-likeness (QED) is 0.903. The van der Waals surface area contributed by atoms with Crippen molar-refractivity contribution < 1.29 is 4.79 Å². The highest BCUT2D eigenvalue weighted by Crippen LogP contribution is 2.47. The topological polar surface area (TPSA) is 42.0 Å². The van der Waals surface area contributed by atoms with Gasteiger partial charge in [0, 0.05) is 24.9 Å². The first-order chi connectivity index (χ1) is 9.84. The fourth-order valence-electron chi connectivity index (χ4n) is 2.56. The van der Waals surface area contributed by atoms with E-state index in [1.165, 1.54) is 5.56 Å². The third-order valence-corrected chi connectivity index (χ3v) is 3.79. The molecular formula is C17H18N2O. The Bertz CT molecular complexity index is 568. The molecule has 0 radical (unpaired) electrons. The van der Waals surface area contributed by atoms with Crippen LogP contribution in [0.25, 0.3) is 0 Å². The zero-order chi connectivity index (χ0) is 13.8. The molecular weight excluding hydrogens is 248 g/mol. The van der Waals surface area contributed by atoms with Crippen molar-refractivity contribution in [1.29, 1.82) is 0 Å². The summed E-state index contributed by atoms with van der Waals surface area (Å²) in [6, 6.07) is 14.2. The molecule has 1 amide bonds. The molecule has 0 saturated heterocycles. The van der Waals surface area contributed by atoms with E-state index < -0.39 is 0 Å². The maximum absolute atomic E-state index is 12.1. The molecule has 0 bridgehead atoms. The summed E-state index contributed by atoms with van der Waals surface area (Å²) in [6.45, 7) is 0.683. The first kappa shape index (κ1) is 12.9. The smallest absolute Gasteiger partial charge is 0.223 e. The number of hydrogen-bond donors (Lipinski definition) is 1. The molecule has 1 N–H and O–H groups in total. The monoisotopic (exact) mass is 266 g/mol. The molecule has 2 atom stereocenters. The van der Waals surface area contributed by atoms with E-state index in [2.05, 4.69) is 22.4 Å². The van der Waals surface area contributed by atoms with Gasteiger partial charge < -0.3 is 5.32 Å². The van der Waals surface area contributed by atoms with Crippen molar-refractivity contribution in [3.63, 3.8) is 0 Å². The number of benzene rings is 1. The molecule has 1 aromatic heterocycles. The van der Waals surface area contributed by atoms with Crippen LogP contribution in [0.4, 0.5) is 0 Å². The van der Waals surface area contributed by atoms with Gasteiger partial charge >= 0.3 is 0 Å². The molecule has 1 aromatic carbocycles. The van der Waals surface area contributed by atoms with Crippen LogP contribution in [0, 0.1) is 5.92 Å². The molecule has 0 spiro atoms. The summed E-state index contributed by atoms with van der Waals surface area (Å²) in [7, 11) is 0. The SMILES string of the molecule is O=C(NCCc1cccnc1)C1CC1c1ccccc1. The lowest BCUT2D eigenvalue weighted by molar-refractivity contribution is -0.122. The molecule has 1 heterocycles. The molecule has 102 valence electrons. The Kier molecular flexibility index (Phi) is 3.77. The Balaban J connectivity index is 1.45. The summed E-state index contributed by atoms with van der Waals surface area (Å²) < 4.78 is 0. The number of rotatable bonds is 5. The second-order valence-corrected chi connectivity index (χ2v) is 5.26. The van der Waals surface area contributed by atoms with Crippen molar-refractivity contribution in [2.75, 3.05) is 6.54 Å². The van der Waals surface area contributed by atoms with Crippen LogP contribution in [0.15, 0.2) is 54.9 Å². The molecule has 0 aliphatic heterocycles. The number of nitrogens with one attached hydrogen (secondary N) is 1. The molecule has 1 saturated carbocycles. The van der Waals surface area contributed by atoms with Gasteiger partial charge in [-0.15, -0.1) is 0 Å². The Labute approximate surface area is 119 Å². The molecule has 1 fully saturated rings. The Morgan fingerprint density at radius 2 is 2.05 bits per heavy atom. The van der Waals surface area contributed by atoms with Crippen LogP contribution in [0.5, 0.6) is 0 Å². The van der Waals surface area contributed by atoms with Gasteiger partial charge in [0.2, 0.25) is 5.91 Å². The maximum Gasteiger partial charge on any atom is 0.223 e. The predicted molar refractivity (Wildman–Crippen MR) is 78.2 cm³/mol. The molecule has 20 heavy (non-hydrogen) atoms. The van der Waals surface area contributed by atoms with E-state index in [9.17, 15) is 4.79 Å². The number of aromatic nitrogens is 1. The zero-order valence-electron chi connectivity index (χ0n) is 11.3. The van der Waals surface area contributed by atoms with E-state index in [0.29, 0.717) is 12.5 Å². The molecule has 2 unspecified atom stereocenters. The first-order valence-electron chi connectivity index (χ1n) is 7.06. The highest BCUT2D eigenvalue weighted by Gasteiger charge is 2.43. The lowest BCUT2D eigenvalue weighted by Gasteiger charge is -2.05. The number of carbonyl (C=O) groups is 1. The van der Waals surface area contributed by atoms with Crippen molar-refractivity contribution in [2.24, 2.45) is 5.92 Å². The summed E-state index contributed by atoms with van der Waals surface area (Å²) in [4.78, 5) is 16.1. The maximum atomic E-state index is 12.1. The van der Waals surface area contributed by atoms with Crippen molar-refractivity contribution in [3.05, 3.63) is 66.0 Å². The van der Waals surface area contributed by atoms with E-state index in [4.69, 9.17) is 0 Å². The second-order valence-electron chi connectivity index (χ2n) is 5.26. The van der Waals surface area contributed by atoms with Crippen molar-refractivity contribution in [3.8, 4) is 0 Å². The van der Waals surface area contributed by atoms with Crippen LogP contribution in [0.1, 0.15) is 23.5 Å². The van der Waals surface area contributed by atoms with Gasteiger partial charge in [0.05, 0.1) is 0 Å². The summed E-state index contributed by atoms with van der Waals surface area (Å²) in [5, 5.41) is 3.03. The van der Waals surface area contributed by atoms with Gasteiger partial charge in [0.15, 0.2) is 0 Å². The van der Waals surface area contributed by atoms with Gasteiger partial charge in [0.25, 0.3) is 0 Å². The third kappa shape index (κ3) is 3.05. The number of nitrogens with zero attached hydrogens (tertiary/aromatic N) is 1. The van der Waals surface area contributed by atoms with Crippen LogP contribution in [-0.2, 0) is 11.2 Å². The van der Waals surface area contributed by atoms with Gasteiger partial charge in [-0.05, 0) is 36.0 Å². The fraction of sp³-hybridized carbons (Fsp3) is 0.294. The van der Waals surface area contributed by atoms with Crippen LogP contribution >= 0.6 is 0 Å². The number of amides is 1. The van der Waals surface area contributed by atoms with Crippen LogP contribution in [0.2, 0.25) is 0 Å². The van der Waals surface area contributed by atoms with E-state index >= 15 is 0 Å². The normalized spacial score (nSPS) is 20.4. The Morgan fingerprint density at radius 3 is 2.80 bits per heavy atom. The second kappa shape index (κ2) is 5.87. The van der Waals surface area contributed by atoms with Gasteiger partial charge in [-0.25, -0.2) is 0 Å². The van der Waals surface area contributed by atoms with Crippen LogP contribution in [0.3, 0.4) is 0 Å². The standard InChI is InChI=1S/C17H18N2O/c20-17(19-10-8-13-5-4-9-18-12-13)16-11-15(16)14-6-2-1-3-7-14/h1-7,9,12,15-16H,8,10-11H2,(H,19,20). The fourth-order valence-corrected chi connectivity index (χ4v) is 2.56. The molecule has 3 heteroatoms. The van der Waals surface area contributed by atoms with Crippen molar-refractivity contribution >= 4 is 5.91 Å². The average molecular weight is 266 g/mol. The molecule has 2 aromatic rings. The van der Waals surface area contributed by atoms with E-state index in [0.717, 1.165) is 18.4 Å². The van der Waals surface area contributed by atoms with E-state index in [1.54, 1.807) is 6.20 Å². The number of carbonyl (C=O) groups excluding carboxylic acids is 1. The summed E-state index contributed by atoms with van der Waals surface area (Å²) in [6.07, 6.45) is 5.41. The van der Waals surface area contributed by atoms with Gasteiger partial charge in [-0.2, -0.15) is 0 Å². The van der Waals surface area contributed by atoms with Crippen molar-refractivity contribution in [1.82, 2.24) is 10.3 Å². The minimum atomic E-state index is 0.159. The molecule has 1 aliphatic rings. The summed E-state index contributed by atoms with van der Waals surface area (Å²) >= 11 is 0. The lowest BCUT2D eigenvalue weighted by Crippen LogP contribution is -2.27. The minimum absolute atomic E-state index is 0.159. The zero-order valence-corrected chi connectivity index (χ0v) is 11.3. The van der Waals surface area contributed by atoms with Crippen LogP contribution in [-0.4, -0.2) is 17.4 Å². The Morgan fingerprint density at radius 1 is 1.20 bits per heavy atom. The lowest BCUT2D eigenvalue weighted by atomic mass is 10.1. The van der Waals surface area contributed by atoms with Crippen LogP contribution < -0.4 is 5.32 Å². The van der Waals surface area contributed by atoms with Gasteiger partial charge in [0.1, 0.15) is 0 Å². The van der Waals surface area contributed by atoms with Crippen molar-refractivity contribution in [2.45, 2.75) is 18.8 Å². The third-order valence-electron chi connectivity index (χ3n) is 3.79. The van der Waals surface area contributed by atoms with E-state index in [1.807, 2.05) is 36.5 Å². The Hall–Kier alpha value is -2.16. The summed E-state index contributed by atoms with van der Waals surface area (Å²) in [5.41, 5.74) is 2.43. The molecule has 3 rings (SSSR count). The van der Waals surface area contributed by atoms with Gasteiger partial charge in [-0.1, -0.05) is 36.4 Å². The van der Waals surface area contributed by atoms with Gasteiger partial charge in [-0.3, -0.25) is 9.78 Å². The average Bonchev–Trinajstić information content (AvgIpc) is 3.30. The predicted octanol–water partition coefficient (Wildman–Crippen LogP) is 2.54. The highest BCUT2D eigenvalue weighted by atomic mass is 16.2. The van der Waals surface area contributed by atoms with E-state index in [-0.39, 0.29) is 11.8 Å².